The average molecular weight is 280 g/mol. The lowest BCUT2D eigenvalue weighted by atomic mass is 9.92. The third-order valence-corrected chi connectivity index (χ3v) is 5.16. The molecule has 2 rings (SSSR count). The van der Waals surface area contributed by atoms with E-state index in [0.717, 1.165) is 18.9 Å². The molecule has 1 amide bonds. The fourth-order valence-electron chi connectivity index (χ4n) is 4.23. The summed E-state index contributed by atoms with van der Waals surface area (Å²) in [5.41, 5.74) is 5.85. The molecule has 1 aliphatic heterocycles. The summed E-state index contributed by atoms with van der Waals surface area (Å²) in [4.78, 5) is 14.8. The smallest absolute Gasteiger partial charge is 0.223 e. The van der Waals surface area contributed by atoms with Gasteiger partial charge in [-0.25, -0.2) is 0 Å². The summed E-state index contributed by atoms with van der Waals surface area (Å²) in [5, 5.41) is 0. The second-order valence-corrected chi connectivity index (χ2v) is 7.28. The highest BCUT2D eigenvalue weighted by molar-refractivity contribution is 5.77. The van der Waals surface area contributed by atoms with Gasteiger partial charge in [-0.15, -0.1) is 0 Å². The van der Waals surface area contributed by atoms with Crippen LogP contribution >= 0.6 is 0 Å². The standard InChI is InChI=1S/C17H32N2O/c1-13(2)10-14(12-18)11-17(20)19-9-5-8-16(19)15-6-3-4-7-15/h13-16H,3-12,18H2,1-2H3. The molecule has 3 heteroatoms. The van der Waals surface area contributed by atoms with Gasteiger partial charge < -0.3 is 10.6 Å². The lowest BCUT2D eigenvalue weighted by Gasteiger charge is -2.31. The molecule has 0 aromatic heterocycles. The van der Waals surface area contributed by atoms with Gasteiger partial charge >= 0.3 is 0 Å². The number of amides is 1. The van der Waals surface area contributed by atoms with E-state index in [-0.39, 0.29) is 0 Å². The van der Waals surface area contributed by atoms with Crippen LogP contribution in [-0.4, -0.2) is 29.9 Å². The third kappa shape index (κ3) is 3.97. The molecule has 2 aliphatic rings. The Labute approximate surface area is 124 Å². The quantitative estimate of drug-likeness (QED) is 0.812. The van der Waals surface area contributed by atoms with Crippen LogP contribution in [0.1, 0.15) is 65.2 Å². The maximum Gasteiger partial charge on any atom is 0.223 e. The van der Waals surface area contributed by atoms with Crippen molar-refractivity contribution in [3.05, 3.63) is 0 Å². The Bertz CT molecular complexity index is 310. The second-order valence-electron chi connectivity index (χ2n) is 7.28. The monoisotopic (exact) mass is 280 g/mol. The molecule has 3 nitrogen and oxygen atoms in total. The first-order chi connectivity index (χ1) is 9.61. The Morgan fingerprint density at radius 2 is 1.90 bits per heavy atom. The van der Waals surface area contributed by atoms with Crippen LogP contribution in [0.15, 0.2) is 0 Å². The second kappa shape index (κ2) is 7.44. The molecule has 1 saturated carbocycles. The molecule has 1 aliphatic carbocycles. The van der Waals surface area contributed by atoms with Crippen molar-refractivity contribution < 1.29 is 4.79 Å². The number of carbonyl (C=O) groups is 1. The Hall–Kier alpha value is -0.570. The van der Waals surface area contributed by atoms with Crippen LogP contribution < -0.4 is 5.73 Å². The van der Waals surface area contributed by atoms with Crippen LogP contribution in [0.3, 0.4) is 0 Å². The zero-order chi connectivity index (χ0) is 14.5. The van der Waals surface area contributed by atoms with Crippen molar-refractivity contribution >= 4 is 5.91 Å². The van der Waals surface area contributed by atoms with Crippen LogP contribution in [0.4, 0.5) is 0 Å². The topological polar surface area (TPSA) is 46.3 Å². The van der Waals surface area contributed by atoms with Gasteiger partial charge in [-0.1, -0.05) is 26.7 Å². The summed E-state index contributed by atoms with van der Waals surface area (Å²) in [6, 6.07) is 0.544. The Balaban J connectivity index is 1.89. The molecule has 0 bridgehead atoms. The highest BCUT2D eigenvalue weighted by Gasteiger charge is 2.36. The van der Waals surface area contributed by atoms with Crippen LogP contribution in [0.25, 0.3) is 0 Å². The number of carbonyl (C=O) groups excluding carboxylic acids is 1. The highest BCUT2D eigenvalue weighted by atomic mass is 16.2. The van der Waals surface area contributed by atoms with Crippen LogP contribution in [-0.2, 0) is 4.79 Å². The van der Waals surface area contributed by atoms with Gasteiger partial charge in [0, 0.05) is 19.0 Å². The largest absolute Gasteiger partial charge is 0.339 e. The summed E-state index contributed by atoms with van der Waals surface area (Å²) < 4.78 is 0. The van der Waals surface area contributed by atoms with E-state index in [9.17, 15) is 4.79 Å². The molecule has 2 N–H and O–H groups in total. The lowest BCUT2D eigenvalue weighted by molar-refractivity contribution is -0.134. The fourth-order valence-corrected chi connectivity index (χ4v) is 4.23. The van der Waals surface area contributed by atoms with Gasteiger partial charge in [-0.05, 0) is 56.4 Å². The van der Waals surface area contributed by atoms with Gasteiger partial charge in [0.15, 0.2) is 0 Å². The van der Waals surface area contributed by atoms with Crippen molar-refractivity contribution in [2.24, 2.45) is 23.5 Å². The Morgan fingerprint density at radius 3 is 2.50 bits per heavy atom. The summed E-state index contributed by atoms with van der Waals surface area (Å²) in [7, 11) is 0. The summed E-state index contributed by atoms with van der Waals surface area (Å²) >= 11 is 0. The molecule has 0 spiro atoms. The first-order valence-electron chi connectivity index (χ1n) is 8.61. The summed E-state index contributed by atoms with van der Waals surface area (Å²) in [6.07, 6.45) is 9.56. The number of rotatable bonds is 6. The molecule has 0 radical (unpaired) electrons. The molecule has 1 heterocycles. The minimum absolute atomic E-state index is 0.368. The van der Waals surface area contributed by atoms with Crippen LogP contribution in [0.5, 0.6) is 0 Å². The van der Waals surface area contributed by atoms with Crippen molar-refractivity contribution in [2.75, 3.05) is 13.1 Å². The van der Waals surface area contributed by atoms with Gasteiger partial charge in [0.2, 0.25) is 5.91 Å². The van der Waals surface area contributed by atoms with Gasteiger partial charge in [-0.2, -0.15) is 0 Å². The lowest BCUT2D eigenvalue weighted by Crippen LogP contribution is -2.40. The predicted octanol–water partition coefficient (Wildman–Crippen LogP) is 3.18. The molecular formula is C17H32N2O. The molecule has 116 valence electrons. The van der Waals surface area contributed by atoms with E-state index in [2.05, 4.69) is 18.7 Å². The average Bonchev–Trinajstić information content (AvgIpc) is 3.07. The molecule has 2 atom stereocenters. The zero-order valence-corrected chi connectivity index (χ0v) is 13.3. The van der Waals surface area contributed by atoms with Crippen LogP contribution in [0, 0.1) is 17.8 Å². The van der Waals surface area contributed by atoms with Crippen molar-refractivity contribution in [3.63, 3.8) is 0 Å². The number of hydrogen-bond acceptors (Lipinski definition) is 2. The van der Waals surface area contributed by atoms with E-state index in [1.54, 1.807) is 0 Å². The van der Waals surface area contributed by atoms with Crippen molar-refractivity contribution in [3.8, 4) is 0 Å². The van der Waals surface area contributed by atoms with Gasteiger partial charge in [0.25, 0.3) is 0 Å². The van der Waals surface area contributed by atoms with Gasteiger partial charge in [-0.3, -0.25) is 4.79 Å². The van der Waals surface area contributed by atoms with Crippen molar-refractivity contribution in [1.82, 2.24) is 4.90 Å². The molecule has 2 fully saturated rings. The molecule has 2 unspecified atom stereocenters. The molecule has 20 heavy (non-hydrogen) atoms. The minimum atomic E-state index is 0.368. The van der Waals surface area contributed by atoms with Crippen molar-refractivity contribution in [1.29, 1.82) is 0 Å². The number of likely N-dealkylation sites (tertiary alicyclic amines) is 1. The van der Waals surface area contributed by atoms with E-state index >= 15 is 0 Å². The molecule has 0 aromatic carbocycles. The normalized spacial score (nSPS) is 25.6. The number of nitrogens with two attached hydrogens (primary N) is 1. The zero-order valence-electron chi connectivity index (χ0n) is 13.3. The van der Waals surface area contributed by atoms with E-state index < -0.39 is 0 Å². The van der Waals surface area contributed by atoms with E-state index in [4.69, 9.17) is 5.73 Å². The first-order valence-corrected chi connectivity index (χ1v) is 8.61. The van der Waals surface area contributed by atoms with E-state index in [1.807, 2.05) is 0 Å². The van der Waals surface area contributed by atoms with E-state index in [1.165, 1.54) is 38.5 Å². The summed E-state index contributed by atoms with van der Waals surface area (Å²) in [6.45, 7) is 6.06. The van der Waals surface area contributed by atoms with Crippen LogP contribution in [0.2, 0.25) is 0 Å². The minimum Gasteiger partial charge on any atom is -0.339 e. The van der Waals surface area contributed by atoms with Gasteiger partial charge in [0.05, 0.1) is 0 Å². The Morgan fingerprint density at radius 1 is 1.20 bits per heavy atom. The van der Waals surface area contributed by atoms with E-state index in [0.29, 0.717) is 36.8 Å². The number of hydrogen-bond donors (Lipinski definition) is 1. The first kappa shape index (κ1) is 15.8. The van der Waals surface area contributed by atoms with Gasteiger partial charge in [0.1, 0.15) is 0 Å². The SMILES string of the molecule is CC(C)CC(CN)CC(=O)N1CCCC1C1CCCC1. The highest BCUT2D eigenvalue weighted by Crippen LogP contribution is 2.36. The third-order valence-electron chi connectivity index (χ3n) is 5.16. The molecular weight excluding hydrogens is 248 g/mol. The Kier molecular flexibility index (Phi) is 5.88. The molecule has 1 saturated heterocycles. The van der Waals surface area contributed by atoms with Crippen molar-refractivity contribution in [2.45, 2.75) is 71.3 Å². The maximum absolute atomic E-state index is 12.6. The predicted molar refractivity (Wildman–Crippen MR) is 83.3 cm³/mol. The number of nitrogens with zero attached hydrogens (tertiary/aromatic N) is 1. The maximum atomic E-state index is 12.6. The molecule has 0 aromatic rings. The summed E-state index contributed by atoms with van der Waals surface area (Å²) in [5.74, 6) is 2.14. The fraction of sp³-hybridized carbons (Fsp3) is 0.941.